The third kappa shape index (κ3) is 4.32. The molecule has 0 bridgehead atoms. The van der Waals surface area contributed by atoms with Crippen molar-refractivity contribution in [2.75, 3.05) is 6.54 Å². The molecule has 1 aliphatic carbocycles. The lowest BCUT2D eigenvalue weighted by atomic mass is 9.91. The van der Waals surface area contributed by atoms with E-state index in [1.54, 1.807) is 0 Å². The van der Waals surface area contributed by atoms with Crippen LogP contribution in [0.1, 0.15) is 70.0 Å². The normalized spacial score (nSPS) is 18.9. The van der Waals surface area contributed by atoms with Crippen LogP contribution in [0.4, 0.5) is 0 Å². The molecular weight excluding hydrogens is 314 g/mol. The molecule has 1 heterocycles. The summed E-state index contributed by atoms with van der Waals surface area (Å²) >= 11 is 3.67. The maximum absolute atomic E-state index is 4.39. The summed E-state index contributed by atoms with van der Waals surface area (Å²) in [5.41, 5.74) is 1.31. The number of aryl methyl sites for hydroxylation is 1. The van der Waals surface area contributed by atoms with Crippen molar-refractivity contribution in [3.63, 3.8) is 0 Å². The SMILES string of the molecule is CCCNC(CC1CCCCCC1)c1c(Br)cnn1C. The zero-order valence-corrected chi connectivity index (χ0v) is 14.5. The van der Waals surface area contributed by atoms with Crippen LogP contribution in [0.15, 0.2) is 10.7 Å². The first-order chi connectivity index (χ1) is 9.72. The molecule has 1 fully saturated rings. The third-order valence-corrected chi connectivity index (χ3v) is 5.06. The highest BCUT2D eigenvalue weighted by atomic mass is 79.9. The lowest BCUT2D eigenvalue weighted by Crippen LogP contribution is -2.26. The maximum atomic E-state index is 4.39. The number of halogens is 1. The molecule has 4 heteroatoms. The van der Waals surface area contributed by atoms with Gasteiger partial charge < -0.3 is 5.32 Å². The Morgan fingerprint density at radius 3 is 2.60 bits per heavy atom. The van der Waals surface area contributed by atoms with Crippen LogP contribution in [-0.2, 0) is 7.05 Å². The van der Waals surface area contributed by atoms with E-state index in [4.69, 9.17) is 0 Å². The van der Waals surface area contributed by atoms with Crippen LogP contribution in [0.3, 0.4) is 0 Å². The Balaban J connectivity index is 2.06. The molecule has 0 aromatic carbocycles. The highest BCUT2D eigenvalue weighted by Crippen LogP contribution is 2.33. The highest BCUT2D eigenvalue weighted by Gasteiger charge is 2.23. The minimum atomic E-state index is 0.430. The fourth-order valence-corrected chi connectivity index (χ4v) is 3.98. The van der Waals surface area contributed by atoms with Crippen molar-refractivity contribution in [2.45, 2.75) is 64.3 Å². The van der Waals surface area contributed by atoms with E-state index < -0.39 is 0 Å². The van der Waals surface area contributed by atoms with Crippen LogP contribution in [0.25, 0.3) is 0 Å². The molecule has 1 atom stereocenters. The smallest absolute Gasteiger partial charge is 0.0692 e. The molecule has 1 N–H and O–H groups in total. The predicted octanol–water partition coefficient (Wildman–Crippen LogP) is 4.58. The molecule has 20 heavy (non-hydrogen) atoms. The zero-order valence-electron chi connectivity index (χ0n) is 12.9. The number of aromatic nitrogens is 2. The molecule has 2 rings (SSSR count). The monoisotopic (exact) mass is 341 g/mol. The Kier molecular flexibility index (Phi) is 6.56. The number of hydrogen-bond donors (Lipinski definition) is 1. The van der Waals surface area contributed by atoms with E-state index in [2.05, 4.69) is 33.3 Å². The summed E-state index contributed by atoms with van der Waals surface area (Å²) in [6.07, 6.45) is 12.8. The van der Waals surface area contributed by atoms with Gasteiger partial charge in [0.15, 0.2) is 0 Å². The second kappa shape index (κ2) is 8.18. The van der Waals surface area contributed by atoms with Gasteiger partial charge in [-0.25, -0.2) is 0 Å². The molecule has 0 saturated heterocycles. The van der Waals surface area contributed by atoms with Gasteiger partial charge in [0.2, 0.25) is 0 Å². The zero-order chi connectivity index (χ0) is 14.4. The summed E-state index contributed by atoms with van der Waals surface area (Å²) < 4.78 is 3.16. The average molecular weight is 342 g/mol. The largest absolute Gasteiger partial charge is 0.309 e. The van der Waals surface area contributed by atoms with Crippen molar-refractivity contribution in [3.8, 4) is 0 Å². The van der Waals surface area contributed by atoms with E-state index in [9.17, 15) is 0 Å². The standard InChI is InChI=1S/C16H28BrN3/c1-3-10-18-15(16-14(17)12-19-20(16)2)11-13-8-6-4-5-7-9-13/h12-13,15,18H,3-11H2,1-2H3. The second-order valence-electron chi connectivity index (χ2n) is 6.10. The Morgan fingerprint density at radius 1 is 1.35 bits per heavy atom. The van der Waals surface area contributed by atoms with Crippen molar-refractivity contribution in [2.24, 2.45) is 13.0 Å². The first-order valence-corrected chi connectivity index (χ1v) is 8.92. The molecule has 3 nitrogen and oxygen atoms in total. The molecule has 0 amide bonds. The number of nitrogens with one attached hydrogen (secondary N) is 1. The van der Waals surface area contributed by atoms with Gasteiger partial charge >= 0.3 is 0 Å². The first-order valence-electron chi connectivity index (χ1n) is 8.13. The average Bonchev–Trinajstić information content (AvgIpc) is 2.66. The Morgan fingerprint density at radius 2 is 2.05 bits per heavy atom. The van der Waals surface area contributed by atoms with Gasteiger partial charge in [-0.15, -0.1) is 0 Å². The highest BCUT2D eigenvalue weighted by molar-refractivity contribution is 9.10. The second-order valence-corrected chi connectivity index (χ2v) is 6.96. The molecule has 1 unspecified atom stereocenters. The van der Waals surface area contributed by atoms with Crippen molar-refractivity contribution in [1.82, 2.24) is 15.1 Å². The van der Waals surface area contributed by atoms with Gasteiger partial charge in [0.25, 0.3) is 0 Å². The van der Waals surface area contributed by atoms with Gasteiger partial charge in [-0.05, 0) is 41.2 Å². The molecule has 1 aliphatic rings. The van der Waals surface area contributed by atoms with Crippen LogP contribution in [0.2, 0.25) is 0 Å². The molecule has 1 aromatic heterocycles. The van der Waals surface area contributed by atoms with Crippen LogP contribution < -0.4 is 5.32 Å². The summed E-state index contributed by atoms with van der Waals surface area (Å²) in [7, 11) is 2.05. The van der Waals surface area contributed by atoms with E-state index in [1.165, 1.54) is 57.1 Å². The molecule has 114 valence electrons. The van der Waals surface area contributed by atoms with Crippen LogP contribution >= 0.6 is 15.9 Å². The molecule has 1 aromatic rings. The Bertz CT molecular complexity index is 375. The van der Waals surface area contributed by atoms with Gasteiger partial charge in [-0.3, -0.25) is 4.68 Å². The molecular formula is C16H28BrN3. The van der Waals surface area contributed by atoms with Crippen molar-refractivity contribution >= 4 is 15.9 Å². The van der Waals surface area contributed by atoms with E-state index >= 15 is 0 Å². The summed E-state index contributed by atoms with van der Waals surface area (Å²) in [5.74, 6) is 0.869. The van der Waals surface area contributed by atoms with Gasteiger partial charge in [0.1, 0.15) is 0 Å². The minimum absolute atomic E-state index is 0.430. The van der Waals surface area contributed by atoms with E-state index in [0.717, 1.165) is 16.9 Å². The van der Waals surface area contributed by atoms with Crippen LogP contribution in [-0.4, -0.2) is 16.3 Å². The number of rotatable bonds is 6. The third-order valence-electron chi connectivity index (χ3n) is 4.45. The Hall–Kier alpha value is -0.350. The van der Waals surface area contributed by atoms with Crippen LogP contribution in [0, 0.1) is 5.92 Å². The topological polar surface area (TPSA) is 29.9 Å². The lowest BCUT2D eigenvalue weighted by Gasteiger charge is -2.24. The lowest BCUT2D eigenvalue weighted by molar-refractivity contribution is 0.345. The molecule has 0 aliphatic heterocycles. The fourth-order valence-electron chi connectivity index (χ4n) is 3.36. The summed E-state index contributed by atoms with van der Waals surface area (Å²) in [5, 5.41) is 8.12. The summed E-state index contributed by atoms with van der Waals surface area (Å²) in [6, 6.07) is 0.430. The summed E-state index contributed by atoms with van der Waals surface area (Å²) in [4.78, 5) is 0. The van der Waals surface area contributed by atoms with Gasteiger partial charge in [0.05, 0.1) is 22.4 Å². The maximum Gasteiger partial charge on any atom is 0.0692 e. The minimum Gasteiger partial charge on any atom is -0.309 e. The van der Waals surface area contributed by atoms with Crippen LogP contribution in [0.5, 0.6) is 0 Å². The van der Waals surface area contributed by atoms with E-state index in [-0.39, 0.29) is 0 Å². The number of nitrogens with zero attached hydrogens (tertiary/aromatic N) is 2. The first kappa shape index (κ1) is 16.0. The Labute approximate surface area is 131 Å². The molecule has 1 saturated carbocycles. The molecule has 0 radical (unpaired) electrons. The van der Waals surface area contributed by atoms with Gasteiger partial charge in [-0.1, -0.05) is 45.4 Å². The van der Waals surface area contributed by atoms with Crippen molar-refractivity contribution in [1.29, 1.82) is 0 Å². The molecule has 0 spiro atoms. The van der Waals surface area contributed by atoms with Crippen molar-refractivity contribution < 1.29 is 0 Å². The predicted molar refractivity (Wildman–Crippen MR) is 87.8 cm³/mol. The quantitative estimate of drug-likeness (QED) is 0.767. The van der Waals surface area contributed by atoms with Crippen molar-refractivity contribution in [3.05, 3.63) is 16.4 Å². The van der Waals surface area contributed by atoms with E-state index in [0.29, 0.717) is 6.04 Å². The van der Waals surface area contributed by atoms with E-state index in [1.807, 2.05) is 17.9 Å². The number of hydrogen-bond acceptors (Lipinski definition) is 2. The summed E-state index contributed by atoms with van der Waals surface area (Å²) in [6.45, 7) is 3.31. The fraction of sp³-hybridized carbons (Fsp3) is 0.812. The van der Waals surface area contributed by atoms with Gasteiger partial charge in [0, 0.05) is 7.05 Å². The van der Waals surface area contributed by atoms with Gasteiger partial charge in [-0.2, -0.15) is 5.10 Å².